The van der Waals surface area contributed by atoms with E-state index in [0.717, 1.165) is 24.8 Å². The number of nitrogens with zero attached hydrogens (tertiary/aromatic N) is 3. The van der Waals surface area contributed by atoms with Crippen LogP contribution in [0.4, 0.5) is 0 Å². The Morgan fingerprint density at radius 3 is 2.84 bits per heavy atom. The molecule has 4 aromatic rings. The highest BCUT2D eigenvalue weighted by atomic mass is 35.5. The van der Waals surface area contributed by atoms with Crippen LogP contribution < -0.4 is 10.1 Å². The van der Waals surface area contributed by atoms with Crippen molar-refractivity contribution in [1.82, 2.24) is 20.3 Å². The first-order valence-electron chi connectivity index (χ1n) is 12.3. The zero-order valence-electron chi connectivity index (χ0n) is 20.4. The summed E-state index contributed by atoms with van der Waals surface area (Å²) >= 11 is 6.41. The highest BCUT2D eigenvalue weighted by molar-refractivity contribution is 6.31. The van der Waals surface area contributed by atoms with Gasteiger partial charge in [-0.1, -0.05) is 48.0 Å². The molecule has 2 unspecified atom stereocenters. The second-order valence-corrected chi connectivity index (χ2v) is 9.58. The average molecular weight is 519 g/mol. The summed E-state index contributed by atoms with van der Waals surface area (Å²) in [5.41, 5.74) is 5.06. The van der Waals surface area contributed by atoms with Gasteiger partial charge in [0.1, 0.15) is 11.3 Å². The summed E-state index contributed by atoms with van der Waals surface area (Å²) in [6, 6.07) is 18.6. The molecule has 1 aliphatic carbocycles. The second-order valence-electron chi connectivity index (χ2n) is 9.17. The minimum absolute atomic E-state index is 0.00565. The number of aliphatic carboxylic acids is 1. The maximum atomic E-state index is 13.1. The zero-order valence-corrected chi connectivity index (χ0v) is 21.1. The molecule has 1 aliphatic rings. The van der Waals surface area contributed by atoms with Crippen molar-refractivity contribution in [1.29, 1.82) is 0 Å². The number of carboxylic acid groups (broad SMARTS) is 1. The number of nitrogens with one attached hydrogen (secondary N) is 1. The van der Waals surface area contributed by atoms with Crippen LogP contribution in [0.25, 0.3) is 11.0 Å². The number of hydrogen-bond donors (Lipinski definition) is 2. The van der Waals surface area contributed by atoms with Crippen molar-refractivity contribution in [2.45, 2.75) is 51.3 Å². The van der Waals surface area contributed by atoms with E-state index < -0.39 is 12.1 Å². The molecule has 0 saturated heterocycles. The summed E-state index contributed by atoms with van der Waals surface area (Å²) in [5.74, 6) is -0.745. The number of rotatable bonds is 8. The number of carbonyl (C=O) groups excluding carboxylic acids is 1. The first-order chi connectivity index (χ1) is 17.9. The van der Waals surface area contributed by atoms with Gasteiger partial charge < -0.3 is 15.2 Å². The van der Waals surface area contributed by atoms with Crippen molar-refractivity contribution in [3.05, 3.63) is 87.9 Å². The van der Waals surface area contributed by atoms with Crippen LogP contribution in [0.15, 0.2) is 60.7 Å². The summed E-state index contributed by atoms with van der Waals surface area (Å²) in [4.78, 5) is 24.4. The van der Waals surface area contributed by atoms with Crippen molar-refractivity contribution >= 4 is 34.5 Å². The summed E-state index contributed by atoms with van der Waals surface area (Å²) in [6.45, 7) is 2.06. The maximum absolute atomic E-state index is 13.1. The van der Waals surface area contributed by atoms with E-state index in [1.54, 1.807) is 41.9 Å². The van der Waals surface area contributed by atoms with E-state index in [9.17, 15) is 14.7 Å². The van der Waals surface area contributed by atoms with Crippen LogP contribution >= 0.6 is 11.6 Å². The molecule has 0 radical (unpaired) electrons. The molecule has 0 saturated carbocycles. The van der Waals surface area contributed by atoms with E-state index in [1.807, 2.05) is 18.2 Å². The number of benzene rings is 3. The monoisotopic (exact) mass is 518 g/mol. The van der Waals surface area contributed by atoms with Crippen LogP contribution in [0.2, 0.25) is 5.02 Å². The number of aryl methyl sites for hydroxylation is 1. The average Bonchev–Trinajstić information content (AvgIpc) is 3.31. The Morgan fingerprint density at radius 2 is 2.03 bits per heavy atom. The molecular weight excluding hydrogens is 492 g/mol. The number of carbonyl (C=O) groups is 2. The molecule has 190 valence electrons. The van der Waals surface area contributed by atoms with Crippen LogP contribution in [0.1, 0.15) is 59.3 Å². The first kappa shape index (κ1) is 24.8. The van der Waals surface area contributed by atoms with Gasteiger partial charge in [-0.25, -0.2) is 9.48 Å². The quantitative estimate of drug-likeness (QED) is 0.333. The molecule has 2 N–H and O–H groups in total. The van der Waals surface area contributed by atoms with Gasteiger partial charge in [-0.15, -0.1) is 5.10 Å². The molecule has 0 spiro atoms. The Balaban J connectivity index is 1.33. The fraction of sp³-hybridized carbons (Fsp3) is 0.286. The number of halogens is 1. The molecule has 8 nitrogen and oxygen atoms in total. The van der Waals surface area contributed by atoms with Crippen LogP contribution in [-0.2, 0) is 17.8 Å². The lowest BCUT2D eigenvalue weighted by Crippen LogP contribution is -2.30. The van der Waals surface area contributed by atoms with Gasteiger partial charge >= 0.3 is 5.97 Å². The molecule has 0 aliphatic heterocycles. The predicted molar refractivity (Wildman–Crippen MR) is 140 cm³/mol. The highest BCUT2D eigenvalue weighted by Gasteiger charge is 2.22. The standard InChI is InChI=1S/C28H27ClN4O4/c1-2-26(28(35)36)37-20-11-12-22(29)19(14-20)16-33-25-13-10-18(15-24(25)31-32-33)27(34)30-23-9-5-7-17-6-3-4-8-21(17)23/h3-4,6,8,10-15,23,26H,2,5,7,9,16H2,1H3,(H,30,34)(H,35,36). The second kappa shape index (κ2) is 10.6. The number of carboxylic acids is 1. The SMILES string of the molecule is CCC(Oc1ccc(Cl)c(Cn2nnc3cc(C(=O)NC4CCCc5ccccc54)ccc32)c1)C(=O)O. The van der Waals surface area contributed by atoms with E-state index in [0.29, 0.717) is 40.4 Å². The molecule has 1 heterocycles. The van der Waals surface area contributed by atoms with Crippen LogP contribution in [0.5, 0.6) is 5.75 Å². The lowest BCUT2D eigenvalue weighted by atomic mass is 9.87. The normalized spacial score (nSPS) is 15.7. The molecule has 3 aromatic carbocycles. The minimum atomic E-state index is -1.02. The van der Waals surface area contributed by atoms with Crippen LogP contribution in [-0.4, -0.2) is 38.1 Å². The first-order valence-corrected chi connectivity index (χ1v) is 12.7. The Hall–Kier alpha value is -3.91. The Labute approximate surface area is 219 Å². The molecule has 0 bridgehead atoms. The fourth-order valence-electron chi connectivity index (χ4n) is 4.76. The molecule has 1 amide bonds. The van der Waals surface area contributed by atoms with Gasteiger partial charge in [0.25, 0.3) is 5.91 Å². The molecule has 5 rings (SSSR count). The lowest BCUT2D eigenvalue weighted by molar-refractivity contribution is -0.145. The molecule has 0 fully saturated rings. The van der Waals surface area contributed by atoms with E-state index in [4.69, 9.17) is 16.3 Å². The lowest BCUT2D eigenvalue weighted by Gasteiger charge is -2.26. The topological polar surface area (TPSA) is 106 Å². The molecule has 2 atom stereocenters. The van der Waals surface area contributed by atoms with Gasteiger partial charge in [0.2, 0.25) is 0 Å². The maximum Gasteiger partial charge on any atom is 0.344 e. The summed E-state index contributed by atoms with van der Waals surface area (Å²) in [6.07, 6.45) is 2.39. The predicted octanol–water partition coefficient (Wildman–Crippen LogP) is 5.18. The Morgan fingerprint density at radius 1 is 1.19 bits per heavy atom. The molecule has 1 aromatic heterocycles. The van der Waals surface area contributed by atoms with Crippen molar-refractivity contribution in [2.75, 3.05) is 0 Å². The van der Waals surface area contributed by atoms with Crippen molar-refractivity contribution in [2.24, 2.45) is 0 Å². The fourth-order valence-corrected chi connectivity index (χ4v) is 4.93. The summed E-state index contributed by atoms with van der Waals surface area (Å²) in [5, 5.41) is 21.5. The Kier molecular flexibility index (Phi) is 7.10. The summed E-state index contributed by atoms with van der Waals surface area (Å²) < 4.78 is 7.29. The van der Waals surface area contributed by atoms with Crippen LogP contribution in [0, 0.1) is 0 Å². The number of amides is 1. The van der Waals surface area contributed by atoms with Crippen LogP contribution in [0.3, 0.4) is 0 Å². The van der Waals surface area contributed by atoms with Gasteiger partial charge in [-0.2, -0.15) is 0 Å². The highest BCUT2D eigenvalue weighted by Crippen LogP contribution is 2.30. The third-order valence-corrected chi connectivity index (χ3v) is 7.08. The minimum Gasteiger partial charge on any atom is -0.479 e. The van der Waals surface area contributed by atoms with E-state index in [1.165, 1.54) is 11.1 Å². The van der Waals surface area contributed by atoms with Gasteiger partial charge in [0.15, 0.2) is 6.10 Å². The number of hydrogen-bond acceptors (Lipinski definition) is 5. The van der Waals surface area contributed by atoms with E-state index in [-0.39, 0.29) is 11.9 Å². The number of fused-ring (bicyclic) bond motifs is 2. The molecule has 37 heavy (non-hydrogen) atoms. The third kappa shape index (κ3) is 5.29. The molecule has 9 heteroatoms. The van der Waals surface area contributed by atoms with Gasteiger partial charge in [-0.05, 0) is 78.8 Å². The smallest absolute Gasteiger partial charge is 0.344 e. The van der Waals surface area contributed by atoms with E-state index in [2.05, 4.69) is 27.8 Å². The third-order valence-electron chi connectivity index (χ3n) is 6.71. The van der Waals surface area contributed by atoms with E-state index >= 15 is 0 Å². The zero-order chi connectivity index (χ0) is 25.9. The van der Waals surface area contributed by atoms with Gasteiger partial charge in [0, 0.05) is 10.6 Å². The largest absolute Gasteiger partial charge is 0.479 e. The molecular formula is C28H27ClN4O4. The van der Waals surface area contributed by atoms with Crippen molar-refractivity contribution in [3.63, 3.8) is 0 Å². The Bertz CT molecular complexity index is 1470. The van der Waals surface area contributed by atoms with Gasteiger partial charge in [0.05, 0.1) is 18.1 Å². The summed E-state index contributed by atoms with van der Waals surface area (Å²) in [7, 11) is 0. The van der Waals surface area contributed by atoms with Crippen molar-refractivity contribution < 1.29 is 19.4 Å². The van der Waals surface area contributed by atoms with Crippen molar-refractivity contribution in [3.8, 4) is 5.75 Å². The van der Waals surface area contributed by atoms with Gasteiger partial charge in [-0.3, -0.25) is 4.79 Å². The number of aromatic nitrogens is 3. The number of ether oxygens (including phenoxy) is 1.